The van der Waals surface area contributed by atoms with Crippen LogP contribution in [0.2, 0.25) is 0 Å². The number of fused-ring (bicyclic) bond motifs is 1. The molecule has 128 valence electrons. The molecule has 0 spiro atoms. The maximum absolute atomic E-state index is 12.7. The number of nitrogens with one attached hydrogen (secondary N) is 1. The van der Waals surface area contributed by atoms with Gasteiger partial charge in [0, 0.05) is 12.1 Å². The molecular weight excluding hydrogens is 300 g/mol. The molecule has 0 saturated carbocycles. The summed E-state index contributed by atoms with van der Waals surface area (Å²) >= 11 is 0. The van der Waals surface area contributed by atoms with Gasteiger partial charge >= 0.3 is 0 Å². The van der Waals surface area contributed by atoms with Crippen molar-refractivity contribution in [1.82, 2.24) is 0 Å². The number of amides is 1. The predicted molar refractivity (Wildman–Crippen MR) is 87.2 cm³/mol. The van der Waals surface area contributed by atoms with Crippen molar-refractivity contribution in [2.75, 3.05) is 37.6 Å². The summed E-state index contributed by atoms with van der Waals surface area (Å²) in [5, 5.41) is 22.1. The molecule has 0 bridgehead atoms. The molecule has 2 unspecified atom stereocenters. The zero-order valence-electron chi connectivity index (χ0n) is 13.9. The number of anilines is 2. The van der Waals surface area contributed by atoms with Gasteiger partial charge in [0.05, 0.1) is 44.8 Å². The third-order valence-electron chi connectivity index (χ3n) is 3.91. The molecule has 7 nitrogen and oxygen atoms in total. The Morgan fingerprint density at radius 1 is 1.26 bits per heavy atom. The highest BCUT2D eigenvalue weighted by atomic mass is 16.5. The Balaban J connectivity index is 2.51. The summed E-state index contributed by atoms with van der Waals surface area (Å²) in [6.07, 6.45) is -1.01. The molecule has 1 aliphatic heterocycles. The average molecular weight is 324 g/mol. The van der Waals surface area contributed by atoms with E-state index in [-0.39, 0.29) is 18.4 Å². The van der Waals surface area contributed by atoms with Gasteiger partial charge in [0.1, 0.15) is 6.04 Å². The summed E-state index contributed by atoms with van der Waals surface area (Å²) in [5.74, 6) is 0.968. The topological polar surface area (TPSA) is 91.3 Å². The van der Waals surface area contributed by atoms with E-state index in [2.05, 4.69) is 5.32 Å². The van der Waals surface area contributed by atoms with Crippen LogP contribution < -0.4 is 19.7 Å². The molecule has 0 aromatic heterocycles. The van der Waals surface area contributed by atoms with E-state index in [0.717, 1.165) is 5.69 Å². The van der Waals surface area contributed by atoms with Gasteiger partial charge in [0.15, 0.2) is 11.5 Å². The number of rotatable bonds is 6. The highest BCUT2D eigenvalue weighted by molar-refractivity contribution is 6.05. The normalized spacial score (nSPS) is 18.5. The fourth-order valence-electron chi connectivity index (χ4n) is 2.63. The van der Waals surface area contributed by atoms with E-state index >= 15 is 0 Å². The molecule has 1 aliphatic rings. The Hall–Kier alpha value is -1.99. The Kier molecular flexibility index (Phi) is 5.33. The van der Waals surface area contributed by atoms with E-state index in [1.807, 2.05) is 13.8 Å². The van der Waals surface area contributed by atoms with E-state index in [9.17, 15) is 9.90 Å². The summed E-state index contributed by atoms with van der Waals surface area (Å²) in [7, 11) is 3.07. The number of aliphatic hydroxyl groups is 2. The number of nitrogens with zero attached hydrogens (tertiary/aromatic N) is 1. The molecule has 2 rings (SSSR count). The van der Waals surface area contributed by atoms with Gasteiger partial charge in [-0.25, -0.2) is 0 Å². The molecule has 23 heavy (non-hydrogen) atoms. The van der Waals surface area contributed by atoms with Crippen LogP contribution in [-0.2, 0) is 4.79 Å². The van der Waals surface area contributed by atoms with Gasteiger partial charge < -0.3 is 29.9 Å². The van der Waals surface area contributed by atoms with Crippen LogP contribution in [0.1, 0.15) is 13.8 Å². The first-order chi connectivity index (χ1) is 10.9. The van der Waals surface area contributed by atoms with Crippen molar-refractivity contribution in [3.05, 3.63) is 12.1 Å². The van der Waals surface area contributed by atoms with E-state index < -0.39 is 18.8 Å². The summed E-state index contributed by atoms with van der Waals surface area (Å²) in [6, 6.07) is 3.06. The first kappa shape index (κ1) is 17.4. The lowest BCUT2D eigenvalue weighted by atomic mass is 9.98. The van der Waals surface area contributed by atoms with Gasteiger partial charge in [0.2, 0.25) is 5.91 Å². The zero-order chi connectivity index (χ0) is 17.1. The monoisotopic (exact) mass is 324 g/mol. The first-order valence-electron chi connectivity index (χ1n) is 7.55. The maximum atomic E-state index is 12.7. The van der Waals surface area contributed by atoms with Crippen molar-refractivity contribution in [1.29, 1.82) is 0 Å². The molecule has 7 heteroatoms. The van der Waals surface area contributed by atoms with Crippen molar-refractivity contribution >= 4 is 17.3 Å². The summed E-state index contributed by atoms with van der Waals surface area (Å²) in [5.41, 5.74) is 1.32. The lowest BCUT2D eigenvalue weighted by molar-refractivity contribution is -0.120. The van der Waals surface area contributed by atoms with Crippen LogP contribution >= 0.6 is 0 Å². The van der Waals surface area contributed by atoms with Crippen LogP contribution in [0, 0.1) is 5.92 Å². The number of carbonyl (C=O) groups is 1. The van der Waals surface area contributed by atoms with E-state index in [4.69, 9.17) is 14.6 Å². The van der Waals surface area contributed by atoms with Crippen molar-refractivity contribution < 1.29 is 24.5 Å². The van der Waals surface area contributed by atoms with Crippen LogP contribution in [-0.4, -0.2) is 55.6 Å². The van der Waals surface area contributed by atoms with Gasteiger partial charge in [-0.15, -0.1) is 0 Å². The van der Waals surface area contributed by atoms with Crippen LogP contribution in [0.4, 0.5) is 11.4 Å². The van der Waals surface area contributed by atoms with Crippen LogP contribution in [0.25, 0.3) is 0 Å². The van der Waals surface area contributed by atoms with Crippen molar-refractivity contribution in [3.63, 3.8) is 0 Å². The number of β-amino-alcohol motifs (C(OH)–C–C–N with tert-alkyl or cyclic N) is 1. The summed E-state index contributed by atoms with van der Waals surface area (Å²) < 4.78 is 10.6. The molecule has 0 aliphatic carbocycles. The number of carbonyl (C=O) groups excluding carboxylic acids is 1. The predicted octanol–water partition coefficient (Wildman–Crippen LogP) is 0.840. The third-order valence-corrected chi connectivity index (χ3v) is 3.91. The molecule has 2 atom stereocenters. The number of methoxy groups -OCH3 is 2. The molecular formula is C16H24N2O5. The minimum Gasteiger partial charge on any atom is -0.493 e. The summed E-state index contributed by atoms with van der Waals surface area (Å²) in [4.78, 5) is 14.2. The minimum absolute atomic E-state index is 0.0166. The Morgan fingerprint density at radius 3 is 2.39 bits per heavy atom. The van der Waals surface area contributed by atoms with Crippen molar-refractivity contribution in [2.24, 2.45) is 5.92 Å². The number of hydrogen-bond acceptors (Lipinski definition) is 6. The Bertz CT molecular complexity index is 576. The quantitative estimate of drug-likeness (QED) is 0.718. The number of benzene rings is 1. The fraction of sp³-hybridized carbons (Fsp3) is 0.562. The molecule has 1 aromatic carbocycles. The van der Waals surface area contributed by atoms with Crippen molar-refractivity contribution in [2.45, 2.75) is 26.0 Å². The lowest BCUT2D eigenvalue weighted by Crippen LogP contribution is -2.52. The SMILES string of the molecule is COc1cc2c(cc1OC)N(CC(O)CO)C(=O)C(C(C)C)N2. The Labute approximate surface area is 135 Å². The molecule has 0 saturated heterocycles. The van der Waals surface area contributed by atoms with Crippen LogP contribution in [0.5, 0.6) is 11.5 Å². The second-order valence-corrected chi connectivity index (χ2v) is 5.88. The lowest BCUT2D eigenvalue weighted by Gasteiger charge is -2.38. The minimum atomic E-state index is -1.01. The summed E-state index contributed by atoms with van der Waals surface area (Å²) in [6.45, 7) is 3.50. The number of aliphatic hydroxyl groups excluding tert-OH is 2. The zero-order valence-corrected chi connectivity index (χ0v) is 13.9. The number of hydrogen-bond donors (Lipinski definition) is 3. The van der Waals surface area contributed by atoms with Crippen LogP contribution in [0.3, 0.4) is 0 Å². The standard InChI is InChI=1S/C16H24N2O5/c1-9(2)15-16(21)18(7-10(20)8-19)12-6-14(23-4)13(22-3)5-11(12)17-15/h5-6,9-10,15,17,19-20H,7-8H2,1-4H3. The highest BCUT2D eigenvalue weighted by Gasteiger charge is 2.36. The van der Waals surface area contributed by atoms with Gasteiger partial charge in [0.25, 0.3) is 0 Å². The molecule has 0 fully saturated rings. The third kappa shape index (κ3) is 3.35. The maximum Gasteiger partial charge on any atom is 0.249 e. The molecule has 1 amide bonds. The Morgan fingerprint density at radius 2 is 1.87 bits per heavy atom. The molecule has 3 N–H and O–H groups in total. The highest BCUT2D eigenvalue weighted by Crippen LogP contribution is 2.41. The van der Waals surface area contributed by atoms with Crippen molar-refractivity contribution in [3.8, 4) is 11.5 Å². The smallest absolute Gasteiger partial charge is 0.249 e. The van der Waals surface area contributed by atoms with Gasteiger partial charge in [-0.05, 0) is 5.92 Å². The molecule has 1 heterocycles. The second kappa shape index (κ2) is 7.06. The fourth-order valence-corrected chi connectivity index (χ4v) is 2.63. The second-order valence-electron chi connectivity index (χ2n) is 5.88. The first-order valence-corrected chi connectivity index (χ1v) is 7.55. The van der Waals surface area contributed by atoms with E-state index in [0.29, 0.717) is 17.2 Å². The molecule has 1 aromatic rings. The van der Waals surface area contributed by atoms with Gasteiger partial charge in [-0.2, -0.15) is 0 Å². The average Bonchev–Trinajstić information content (AvgIpc) is 2.55. The van der Waals surface area contributed by atoms with Crippen LogP contribution in [0.15, 0.2) is 12.1 Å². The van der Waals surface area contributed by atoms with E-state index in [1.165, 1.54) is 12.0 Å². The van der Waals surface area contributed by atoms with Gasteiger partial charge in [-0.1, -0.05) is 13.8 Å². The van der Waals surface area contributed by atoms with E-state index in [1.54, 1.807) is 19.2 Å². The molecule has 0 radical (unpaired) electrons. The number of ether oxygens (including phenoxy) is 2. The van der Waals surface area contributed by atoms with Gasteiger partial charge in [-0.3, -0.25) is 4.79 Å². The largest absolute Gasteiger partial charge is 0.493 e.